The average molecular weight is 318 g/mol. The van der Waals surface area contributed by atoms with Gasteiger partial charge in [0.15, 0.2) is 0 Å². The second-order valence-corrected chi connectivity index (χ2v) is 4.81. The Bertz CT molecular complexity index is 647. The lowest BCUT2D eigenvalue weighted by Crippen LogP contribution is -2.31. The van der Waals surface area contributed by atoms with Crippen molar-refractivity contribution in [2.45, 2.75) is 0 Å². The van der Waals surface area contributed by atoms with Gasteiger partial charge in [-0.3, -0.25) is 4.79 Å². The molecule has 6 heteroatoms. The zero-order valence-corrected chi connectivity index (χ0v) is 12.6. The molecule has 0 unspecified atom stereocenters. The summed E-state index contributed by atoms with van der Waals surface area (Å²) in [5, 5.41) is 8.01. The summed E-state index contributed by atoms with van der Waals surface area (Å²) in [5.74, 6) is 0.0308. The molecular formula is C16H16ClN3O2. The number of urea groups is 1. The molecule has 0 bridgehead atoms. The summed E-state index contributed by atoms with van der Waals surface area (Å²) in [6, 6.07) is 15.5. The third-order valence-electron chi connectivity index (χ3n) is 2.83. The van der Waals surface area contributed by atoms with E-state index in [-0.39, 0.29) is 5.91 Å². The van der Waals surface area contributed by atoms with Crippen LogP contribution in [0.25, 0.3) is 0 Å². The predicted molar refractivity (Wildman–Crippen MR) is 88.6 cm³/mol. The van der Waals surface area contributed by atoms with Gasteiger partial charge in [-0.15, -0.1) is 11.6 Å². The molecule has 0 spiro atoms. The number of anilines is 2. The molecule has 0 saturated carbocycles. The Kier molecular flexibility index (Phi) is 5.80. The lowest BCUT2D eigenvalue weighted by molar-refractivity contribution is 0.102. The maximum Gasteiger partial charge on any atom is 0.319 e. The van der Waals surface area contributed by atoms with Gasteiger partial charge < -0.3 is 16.0 Å². The molecule has 2 aromatic rings. The van der Waals surface area contributed by atoms with E-state index in [0.717, 1.165) is 0 Å². The summed E-state index contributed by atoms with van der Waals surface area (Å²) >= 11 is 5.51. The number of rotatable bonds is 5. The molecule has 0 aliphatic carbocycles. The van der Waals surface area contributed by atoms with Gasteiger partial charge in [-0.05, 0) is 24.3 Å². The van der Waals surface area contributed by atoms with Gasteiger partial charge >= 0.3 is 6.03 Å². The number of carbonyl (C=O) groups is 2. The van der Waals surface area contributed by atoms with E-state index in [9.17, 15) is 9.59 Å². The molecule has 5 nitrogen and oxygen atoms in total. The number of carbonyl (C=O) groups excluding carboxylic acids is 2. The van der Waals surface area contributed by atoms with Crippen molar-refractivity contribution in [2.24, 2.45) is 0 Å². The summed E-state index contributed by atoms with van der Waals surface area (Å²) in [6.45, 7) is 0.353. The smallest absolute Gasteiger partial charge is 0.319 e. The second kappa shape index (κ2) is 8.05. The Morgan fingerprint density at radius 3 is 2.32 bits per heavy atom. The fourth-order valence-electron chi connectivity index (χ4n) is 1.84. The highest BCUT2D eigenvalue weighted by Crippen LogP contribution is 2.17. The standard InChI is InChI=1S/C16H16ClN3O2/c17-10-11-18-16(22)20-14-9-5-4-8-13(14)15(21)19-12-6-2-1-3-7-12/h1-9H,10-11H2,(H,19,21)(H2,18,20,22). The predicted octanol–water partition coefficient (Wildman–Crippen LogP) is 3.30. The Morgan fingerprint density at radius 1 is 0.909 bits per heavy atom. The minimum absolute atomic E-state index is 0.292. The molecule has 114 valence electrons. The van der Waals surface area contributed by atoms with Gasteiger partial charge in [-0.1, -0.05) is 30.3 Å². The average Bonchev–Trinajstić information content (AvgIpc) is 2.54. The molecule has 0 atom stereocenters. The lowest BCUT2D eigenvalue weighted by atomic mass is 10.1. The number of hydrogen-bond acceptors (Lipinski definition) is 2. The first-order chi connectivity index (χ1) is 10.7. The van der Waals surface area contributed by atoms with Gasteiger partial charge in [0.1, 0.15) is 0 Å². The Hall–Kier alpha value is -2.53. The van der Waals surface area contributed by atoms with Crippen molar-refractivity contribution in [3.63, 3.8) is 0 Å². The molecule has 0 aromatic heterocycles. The first kappa shape index (κ1) is 15.9. The molecule has 22 heavy (non-hydrogen) atoms. The first-order valence-electron chi connectivity index (χ1n) is 6.77. The Balaban J connectivity index is 2.10. The van der Waals surface area contributed by atoms with Crippen molar-refractivity contribution in [3.05, 3.63) is 60.2 Å². The van der Waals surface area contributed by atoms with Crippen LogP contribution in [0.4, 0.5) is 16.2 Å². The third kappa shape index (κ3) is 4.49. The number of hydrogen-bond donors (Lipinski definition) is 3. The van der Waals surface area contributed by atoms with Gasteiger partial charge in [0.05, 0.1) is 11.3 Å². The summed E-state index contributed by atoms with van der Waals surface area (Å²) in [5.41, 5.74) is 1.50. The van der Waals surface area contributed by atoms with Crippen LogP contribution in [0.3, 0.4) is 0 Å². The first-order valence-corrected chi connectivity index (χ1v) is 7.30. The fourth-order valence-corrected chi connectivity index (χ4v) is 1.93. The Morgan fingerprint density at radius 2 is 1.59 bits per heavy atom. The van der Waals surface area contributed by atoms with E-state index in [1.807, 2.05) is 18.2 Å². The zero-order chi connectivity index (χ0) is 15.8. The van der Waals surface area contributed by atoms with Gasteiger partial charge in [-0.2, -0.15) is 0 Å². The van der Waals surface area contributed by atoms with E-state index in [1.54, 1.807) is 36.4 Å². The number of alkyl halides is 1. The van der Waals surface area contributed by atoms with Crippen LogP contribution in [0.1, 0.15) is 10.4 Å². The summed E-state index contributed by atoms with van der Waals surface area (Å²) in [7, 11) is 0. The maximum atomic E-state index is 12.3. The summed E-state index contributed by atoms with van der Waals surface area (Å²) < 4.78 is 0. The molecule has 3 amide bonds. The number of benzene rings is 2. The van der Waals surface area contributed by atoms with Crippen molar-refractivity contribution in [2.75, 3.05) is 23.1 Å². The minimum atomic E-state index is -0.402. The van der Waals surface area contributed by atoms with Crippen LogP contribution in [0.5, 0.6) is 0 Å². The molecule has 0 aliphatic heterocycles. The highest BCUT2D eigenvalue weighted by atomic mass is 35.5. The van der Waals surface area contributed by atoms with E-state index in [1.165, 1.54) is 0 Å². The topological polar surface area (TPSA) is 70.2 Å². The molecular weight excluding hydrogens is 302 g/mol. The van der Waals surface area contributed by atoms with E-state index in [2.05, 4.69) is 16.0 Å². The largest absolute Gasteiger partial charge is 0.337 e. The van der Waals surface area contributed by atoms with Crippen LogP contribution in [-0.2, 0) is 0 Å². The van der Waals surface area contributed by atoms with Crippen LogP contribution >= 0.6 is 11.6 Å². The van der Waals surface area contributed by atoms with E-state index >= 15 is 0 Å². The lowest BCUT2D eigenvalue weighted by Gasteiger charge is -2.11. The molecule has 0 aliphatic rings. The van der Waals surface area contributed by atoms with E-state index in [0.29, 0.717) is 29.4 Å². The minimum Gasteiger partial charge on any atom is -0.337 e. The normalized spacial score (nSPS) is 9.86. The van der Waals surface area contributed by atoms with Crippen molar-refractivity contribution in [3.8, 4) is 0 Å². The number of halogens is 1. The molecule has 0 radical (unpaired) electrons. The van der Waals surface area contributed by atoms with Crippen LogP contribution in [0.2, 0.25) is 0 Å². The van der Waals surface area contributed by atoms with Gasteiger partial charge in [0, 0.05) is 18.1 Å². The highest BCUT2D eigenvalue weighted by Gasteiger charge is 2.12. The summed E-state index contributed by atoms with van der Waals surface area (Å²) in [6.07, 6.45) is 0. The van der Waals surface area contributed by atoms with E-state index in [4.69, 9.17) is 11.6 Å². The molecule has 0 heterocycles. The SMILES string of the molecule is O=C(NCCCl)Nc1ccccc1C(=O)Nc1ccccc1. The monoisotopic (exact) mass is 317 g/mol. The summed E-state index contributed by atoms with van der Waals surface area (Å²) in [4.78, 5) is 24.0. The maximum absolute atomic E-state index is 12.3. The van der Waals surface area contributed by atoms with Crippen LogP contribution in [0.15, 0.2) is 54.6 Å². The van der Waals surface area contributed by atoms with Crippen LogP contribution < -0.4 is 16.0 Å². The van der Waals surface area contributed by atoms with Crippen molar-refractivity contribution < 1.29 is 9.59 Å². The van der Waals surface area contributed by atoms with Gasteiger partial charge in [-0.25, -0.2) is 4.79 Å². The fraction of sp³-hybridized carbons (Fsp3) is 0.125. The number of nitrogens with one attached hydrogen (secondary N) is 3. The molecule has 0 fully saturated rings. The highest BCUT2D eigenvalue weighted by molar-refractivity contribution is 6.18. The van der Waals surface area contributed by atoms with Crippen molar-refractivity contribution in [1.29, 1.82) is 0 Å². The molecule has 2 aromatic carbocycles. The second-order valence-electron chi connectivity index (χ2n) is 4.44. The third-order valence-corrected chi connectivity index (χ3v) is 3.02. The molecule has 3 N–H and O–H groups in total. The Labute approximate surface area is 133 Å². The quantitative estimate of drug-likeness (QED) is 0.740. The van der Waals surface area contributed by atoms with Crippen molar-refractivity contribution >= 4 is 34.9 Å². The number of para-hydroxylation sites is 2. The van der Waals surface area contributed by atoms with Gasteiger partial charge in [0.2, 0.25) is 0 Å². The van der Waals surface area contributed by atoms with Crippen molar-refractivity contribution in [1.82, 2.24) is 5.32 Å². The van der Waals surface area contributed by atoms with Crippen LogP contribution in [-0.4, -0.2) is 24.4 Å². The zero-order valence-electron chi connectivity index (χ0n) is 11.8. The number of amides is 3. The molecule has 2 rings (SSSR count). The van der Waals surface area contributed by atoms with Gasteiger partial charge in [0.25, 0.3) is 5.91 Å². The van der Waals surface area contributed by atoms with Crippen LogP contribution in [0, 0.1) is 0 Å². The molecule has 0 saturated heterocycles. The van der Waals surface area contributed by atoms with E-state index < -0.39 is 6.03 Å².